The van der Waals surface area contributed by atoms with Gasteiger partial charge in [-0.3, -0.25) is 9.78 Å². The molecule has 0 fully saturated rings. The molecule has 0 saturated heterocycles. The van der Waals surface area contributed by atoms with Crippen LogP contribution in [0, 0.1) is 0 Å². The number of nitrogens with two attached hydrogens (primary N) is 1. The summed E-state index contributed by atoms with van der Waals surface area (Å²) in [5.74, 6) is 0.732. The molecule has 0 aliphatic rings. The fourth-order valence-electron chi connectivity index (χ4n) is 3.12. The molecule has 0 spiro atoms. The van der Waals surface area contributed by atoms with Crippen molar-refractivity contribution in [2.75, 3.05) is 18.1 Å². The number of nitrogens with one attached hydrogen (secondary N) is 1. The maximum absolute atomic E-state index is 10.8. The summed E-state index contributed by atoms with van der Waals surface area (Å²) in [6.07, 6.45) is 1.74. The van der Waals surface area contributed by atoms with Crippen molar-refractivity contribution in [1.82, 2.24) is 4.98 Å². The summed E-state index contributed by atoms with van der Waals surface area (Å²) in [7, 11) is 1.89. The Hall–Kier alpha value is -3.57. The van der Waals surface area contributed by atoms with E-state index in [-0.39, 0.29) is 0 Å². The Kier molecular flexibility index (Phi) is 8.06. The van der Waals surface area contributed by atoms with E-state index in [2.05, 4.69) is 17.2 Å². The molecule has 4 aromatic rings. The highest BCUT2D eigenvalue weighted by molar-refractivity contribution is 6.30. The Morgan fingerprint density at radius 3 is 2.50 bits per heavy atom. The minimum Gasteiger partial charge on any atom is -0.489 e. The predicted octanol–water partition coefficient (Wildman–Crippen LogP) is 6.15. The largest absolute Gasteiger partial charge is 0.489 e. The van der Waals surface area contributed by atoms with Gasteiger partial charge in [0.2, 0.25) is 0 Å². The van der Waals surface area contributed by atoms with Crippen LogP contribution in [0.25, 0.3) is 10.9 Å². The lowest BCUT2D eigenvalue weighted by molar-refractivity contribution is 0.112. The van der Waals surface area contributed by atoms with E-state index in [9.17, 15) is 4.79 Å². The van der Waals surface area contributed by atoms with E-state index in [0.29, 0.717) is 17.2 Å². The first-order chi connectivity index (χ1) is 15.5. The molecule has 4 rings (SSSR count). The zero-order valence-corrected chi connectivity index (χ0v) is 18.9. The van der Waals surface area contributed by atoms with E-state index >= 15 is 0 Å². The summed E-state index contributed by atoms with van der Waals surface area (Å²) >= 11 is 5.77. The Morgan fingerprint density at radius 2 is 1.81 bits per heavy atom. The Bertz CT molecular complexity index is 1190. The van der Waals surface area contributed by atoms with Crippen molar-refractivity contribution >= 4 is 40.2 Å². The third-order valence-electron chi connectivity index (χ3n) is 4.93. The van der Waals surface area contributed by atoms with Gasteiger partial charge >= 0.3 is 0 Å². The van der Waals surface area contributed by atoms with Crippen LogP contribution in [0.3, 0.4) is 0 Å². The van der Waals surface area contributed by atoms with Crippen molar-refractivity contribution in [1.29, 1.82) is 0 Å². The van der Waals surface area contributed by atoms with Crippen LogP contribution in [0.1, 0.15) is 28.5 Å². The zero-order chi connectivity index (χ0) is 22.9. The molecular formula is C26H26ClN3O2. The number of ether oxygens (including phenoxy) is 1. The number of aldehydes is 1. The minimum absolute atomic E-state index is 0.372. The van der Waals surface area contributed by atoms with Gasteiger partial charge in [-0.15, -0.1) is 0 Å². The molecule has 6 heteroatoms. The minimum atomic E-state index is 0.372. The molecule has 3 aromatic carbocycles. The lowest BCUT2D eigenvalue weighted by Gasteiger charge is -2.07. The molecule has 0 unspecified atom stereocenters. The number of carbonyl (C=O) groups excluding carboxylic acids is 1. The number of aromatic nitrogens is 1. The number of hydrogen-bond acceptors (Lipinski definition) is 5. The van der Waals surface area contributed by atoms with Gasteiger partial charge < -0.3 is 15.8 Å². The second-order valence-corrected chi connectivity index (χ2v) is 7.53. The number of nitrogens with zero attached hydrogens (tertiary/aromatic N) is 1. The smallest absolute Gasteiger partial charge is 0.150 e. The second kappa shape index (κ2) is 11.2. The number of hydrogen-bond donors (Lipinski definition) is 2. The van der Waals surface area contributed by atoms with Gasteiger partial charge in [-0.1, -0.05) is 42.8 Å². The quantitative estimate of drug-likeness (QED) is 0.346. The van der Waals surface area contributed by atoms with Gasteiger partial charge in [-0.2, -0.15) is 0 Å². The third-order valence-corrected chi connectivity index (χ3v) is 5.19. The Labute approximate surface area is 193 Å². The second-order valence-electron chi connectivity index (χ2n) is 7.10. The predicted molar refractivity (Wildman–Crippen MR) is 133 cm³/mol. The molecule has 1 aromatic heterocycles. The van der Waals surface area contributed by atoms with Crippen LogP contribution in [0.5, 0.6) is 5.75 Å². The Balaban J connectivity index is 0.000000182. The molecule has 0 bridgehead atoms. The molecule has 0 radical (unpaired) electrons. The summed E-state index contributed by atoms with van der Waals surface area (Å²) in [4.78, 5) is 15.3. The maximum Gasteiger partial charge on any atom is 0.150 e. The molecule has 0 aliphatic heterocycles. The first-order valence-corrected chi connectivity index (χ1v) is 10.7. The molecule has 0 atom stereocenters. The van der Waals surface area contributed by atoms with E-state index in [4.69, 9.17) is 22.1 Å². The number of rotatable bonds is 6. The van der Waals surface area contributed by atoms with Crippen LogP contribution in [-0.4, -0.2) is 18.3 Å². The number of anilines is 2. The molecule has 0 amide bonds. The first-order valence-electron chi connectivity index (χ1n) is 10.3. The van der Waals surface area contributed by atoms with Crippen LogP contribution in [-0.2, 0) is 13.0 Å². The van der Waals surface area contributed by atoms with E-state index in [1.807, 2.05) is 49.5 Å². The summed E-state index contributed by atoms with van der Waals surface area (Å²) in [5.41, 5.74) is 11.4. The van der Waals surface area contributed by atoms with Crippen molar-refractivity contribution in [2.45, 2.75) is 20.0 Å². The molecule has 0 aliphatic carbocycles. The van der Waals surface area contributed by atoms with E-state index in [0.717, 1.165) is 52.0 Å². The van der Waals surface area contributed by atoms with Crippen molar-refractivity contribution in [2.24, 2.45) is 0 Å². The van der Waals surface area contributed by atoms with E-state index in [1.165, 1.54) is 0 Å². The number of benzene rings is 3. The lowest BCUT2D eigenvalue weighted by atomic mass is 10.1. The fraction of sp³-hybridized carbons (Fsp3) is 0.154. The van der Waals surface area contributed by atoms with Gasteiger partial charge in [0.1, 0.15) is 18.6 Å². The van der Waals surface area contributed by atoms with Crippen LogP contribution in [0.4, 0.5) is 11.4 Å². The lowest BCUT2D eigenvalue weighted by Crippen LogP contribution is -1.99. The van der Waals surface area contributed by atoms with Gasteiger partial charge in [0.25, 0.3) is 0 Å². The fourth-order valence-corrected chi connectivity index (χ4v) is 3.24. The number of aryl methyl sites for hydroxylation is 1. The first kappa shape index (κ1) is 23.1. The number of fused-ring (bicyclic) bond motifs is 1. The number of carbonyl (C=O) groups is 1. The Morgan fingerprint density at radius 1 is 1.06 bits per heavy atom. The molecule has 164 valence electrons. The molecular weight excluding hydrogens is 422 g/mol. The summed E-state index contributed by atoms with van der Waals surface area (Å²) in [6, 6.07) is 22.5. The molecule has 5 nitrogen and oxygen atoms in total. The highest BCUT2D eigenvalue weighted by Gasteiger charge is 2.03. The zero-order valence-electron chi connectivity index (χ0n) is 18.1. The summed E-state index contributed by atoms with van der Waals surface area (Å²) in [5, 5.41) is 4.78. The number of halogens is 1. The summed E-state index contributed by atoms with van der Waals surface area (Å²) in [6.45, 7) is 2.45. The van der Waals surface area contributed by atoms with Gasteiger partial charge in [-0.25, -0.2) is 0 Å². The molecule has 3 N–H and O–H groups in total. The van der Waals surface area contributed by atoms with E-state index < -0.39 is 0 Å². The average Bonchev–Trinajstić information content (AvgIpc) is 2.84. The monoisotopic (exact) mass is 447 g/mol. The van der Waals surface area contributed by atoms with Crippen molar-refractivity contribution in [3.63, 3.8) is 0 Å². The highest BCUT2D eigenvalue weighted by Crippen LogP contribution is 2.24. The van der Waals surface area contributed by atoms with Crippen LogP contribution < -0.4 is 15.8 Å². The molecule has 32 heavy (non-hydrogen) atoms. The topological polar surface area (TPSA) is 77.2 Å². The van der Waals surface area contributed by atoms with Crippen molar-refractivity contribution in [3.8, 4) is 5.75 Å². The standard InChI is InChI=1S/C14H11ClO2.C12H15N3/c15-13-5-7-14(8-6-13)17-10-12-4-2-1-3-11(12)9-16;1-3-8-7-11(13)10-6-9(14-2)4-5-12(10)15-8/h1-9H,10H2;4-7,14H,3H2,1-2H3,(H2,13,15). The van der Waals surface area contributed by atoms with Gasteiger partial charge in [-0.05, 0) is 60.5 Å². The van der Waals surface area contributed by atoms with Gasteiger partial charge in [0.15, 0.2) is 0 Å². The van der Waals surface area contributed by atoms with Crippen molar-refractivity contribution in [3.05, 3.63) is 94.6 Å². The molecule has 0 saturated carbocycles. The van der Waals surface area contributed by atoms with Crippen LogP contribution >= 0.6 is 11.6 Å². The number of nitrogen functional groups attached to an aromatic ring is 1. The summed E-state index contributed by atoms with van der Waals surface area (Å²) < 4.78 is 5.57. The molecule has 1 heterocycles. The van der Waals surface area contributed by atoms with Gasteiger partial charge in [0.05, 0.1) is 5.52 Å². The number of pyridine rings is 1. The van der Waals surface area contributed by atoms with Crippen LogP contribution in [0.2, 0.25) is 5.02 Å². The third kappa shape index (κ3) is 5.99. The SMILES string of the molecule is CCc1cc(N)c2cc(NC)ccc2n1.O=Cc1ccccc1COc1ccc(Cl)cc1. The normalized spacial score (nSPS) is 10.2. The highest BCUT2D eigenvalue weighted by atomic mass is 35.5. The van der Waals surface area contributed by atoms with Crippen LogP contribution in [0.15, 0.2) is 72.8 Å². The van der Waals surface area contributed by atoms with E-state index in [1.54, 1.807) is 30.3 Å². The van der Waals surface area contributed by atoms with Crippen molar-refractivity contribution < 1.29 is 9.53 Å². The van der Waals surface area contributed by atoms with Gasteiger partial charge in [0, 0.05) is 40.1 Å². The maximum atomic E-state index is 10.8. The average molecular weight is 448 g/mol.